The third-order valence-electron chi connectivity index (χ3n) is 8.00. The molecule has 4 aromatic carbocycles. The van der Waals surface area contributed by atoms with Crippen LogP contribution in [0.4, 0.5) is 20.7 Å². The Balaban J connectivity index is 1.26. The van der Waals surface area contributed by atoms with Gasteiger partial charge in [0.1, 0.15) is 18.2 Å². The molecule has 1 aromatic heterocycles. The van der Waals surface area contributed by atoms with Crippen molar-refractivity contribution in [3.8, 4) is 0 Å². The highest BCUT2D eigenvalue weighted by molar-refractivity contribution is 6.31. The number of hydrogen-bond acceptors (Lipinski definition) is 7. The van der Waals surface area contributed by atoms with E-state index in [2.05, 4.69) is 15.7 Å². The average molecular weight is 696 g/mol. The summed E-state index contributed by atoms with van der Waals surface area (Å²) in [7, 11) is 0. The second-order valence-electron chi connectivity index (χ2n) is 11.4. The molecule has 0 aliphatic rings. The smallest absolute Gasteiger partial charge is 0.412 e. The fourth-order valence-corrected chi connectivity index (χ4v) is 5.60. The number of hydrogen-bond donors (Lipinski definition) is 2. The average Bonchev–Trinajstić information content (AvgIpc) is 3.13. The number of rotatable bonds is 15. The molecule has 1 heterocycles. The Morgan fingerprint density at radius 1 is 0.920 bits per heavy atom. The van der Waals surface area contributed by atoms with E-state index < -0.39 is 18.0 Å². The van der Waals surface area contributed by atoms with Crippen molar-refractivity contribution in [2.75, 3.05) is 23.4 Å². The predicted molar refractivity (Wildman–Crippen MR) is 190 cm³/mol. The molecule has 0 bridgehead atoms. The third-order valence-corrected chi connectivity index (χ3v) is 8.43. The zero-order valence-electron chi connectivity index (χ0n) is 27.2. The Morgan fingerprint density at radius 3 is 2.34 bits per heavy atom. The minimum Gasteiger partial charge on any atom is -0.447 e. The molecule has 50 heavy (non-hydrogen) atoms. The van der Waals surface area contributed by atoms with Gasteiger partial charge in [-0.2, -0.15) is 0 Å². The maximum Gasteiger partial charge on any atom is 0.412 e. The Hall–Kier alpha value is -5.65. The second kappa shape index (κ2) is 17.1. The van der Waals surface area contributed by atoms with Crippen molar-refractivity contribution >= 4 is 58.1 Å². The third kappa shape index (κ3) is 9.28. The summed E-state index contributed by atoms with van der Waals surface area (Å²) < 4.78 is 19.7. The summed E-state index contributed by atoms with van der Waals surface area (Å²) in [6, 6.07) is 28.6. The van der Waals surface area contributed by atoms with Crippen LogP contribution in [0.2, 0.25) is 5.02 Å². The van der Waals surface area contributed by atoms with E-state index in [9.17, 15) is 23.6 Å². The maximum absolute atomic E-state index is 14.1. The Labute approximate surface area is 293 Å². The molecule has 1 atom stereocenters. The lowest BCUT2D eigenvalue weighted by Gasteiger charge is -2.31. The van der Waals surface area contributed by atoms with Gasteiger partial charge in [-0.05, 0) is 60.2 Å². The number of amides is 3. The van der Waals surface area contributed by atoms with Gasteiger partial charge in [0.15, 0.2) is 5.78 Å². The highest BCUT2D eigenvalue weighted by atomic mass is 35.5. The van der Waals surface area contributed by atoms with E-state index in [1.807, 2.05) is 30.3 Å². The van der Waals surface area contributed by atoms with Crippen LogP contribution in [0.3, 0.4) is 0 Å². The van der Waals surface area contributed by atoms with Gasteiger partial charge in [-0.3, -0.25) is 24.7 Å². The zero-order chi connectivity index (χ0) is 35.5. The standard InChI is InChI=1S/C38H35ClFN5O5/c1-26(47)45(42-23-31-13-7-15-34(40)36(31)39)33(24-50-38(49)43-35-21-29-11-5-6-12-30(29)22-41-35)14-8-20-44(25-46)32-18-16-28(17-19-32)37(48)27-9-3-2-4-10-27/h2-7,9-13,15-19,21-22,25,33,42H,8,14,20,23-24H2,1H3,(H,41,43,49)/t33-/m0/s1. The topological polar surface area (TPSA) is 121 Å². The van der Waals surface area contributed by atoms with Gasteiger partial charge in [-0.1, -0.05) is 78.3 Å². The van der Waals surface area contributed by atoms with Gasteiger partial charge >= 0.3 is 6.09 Å². The molecule has 256 valence electrons. The van der Waals surface area contributed by atoms with Crippen LogP contribution in [0, 0.1) is 5.82 Å². The van der Waals surface area contributed by atoms with Gasteiger partial charge in [-0.25, -0.2) is 19.6 Å². The lowest BCUT2D eigenvalue weighted by molar-refractivity contribution is -0.136. The number of carbonyl (C=O) groups is 4. The molecule has 0 unspecified atom stereocenters. The maximum atomic E-state index is 14.1. The number of hydrazine groups is 1. The van der Waals surface area contributed by atoms with Crippen LogP contribution < -0.4 is 15.6 Å². The van der Waals surface area contributed by atoms with E-state index >= 15 is 0 Å². The Morgan fingerprint density at radius 2 is 1.62 bits per heavy atom. The molecule has 0 fully saturated rings. The molecule has 0 aliphatic carbocycles. The molecule has 0 spiro atoms. The van der Waals surface area contributed by atoms with Crippen molar-refractivity contribution in [1.82, 2.24) is 15.4 Å². The summed E-state index contributed by atoms with van der Waals surface area (Å²) >= 11 is 6.14. The fourth-order valence-electron chi connectivity index (χ4n) is 5.40. The monoisotopic (exact) mass is 695 g/mol. The summed E-state index contributed by atoms with van der Waals surface area (Å²) in [6.45, 7) is 1.43. The van der Waals surface area contributed by atoms with Crippen molar-refractivity contribution < 1.29 is 28.3 Å². The van der Waals surface area contributed by atoms with Crippen LogP contribution in [0.1, 0.15) is 41.3 Å². The summed E-state index contributed by atoms with van der Waals surface area (Å²) in [6.07, 6.45) is 2.27. The van der Waals surface area contributed by atoms with Crippen LogP contribution in [-0.4, -0.2) is 53.4 Å². The number of nitrogens with one attached hydrogen (secondary N) is 2. The lowest BCUT2D eigenvalue weighted by atomic mass is 10.0. The van der Waals surface area contributed by atoms with Crippen molar-refractivity contribution in [1.29, 1.82) is 0 Å². The molecule has 10 nitrogen and oxygen atoms in total. The Kier molecular flexibility index (Phi) is 12.2. The van der Waals surface area contributed by atoms with Crippen LogP contribution in [0.25, 0.3) is 10.8 Å². The molecule has 2 N–H and O–H groups in total. The van der Waals surface area contributed by atoms with Gasteiger partial charge in [-0.15, -0.1) is 0 Å². The van der Waals surface area contributed by atoms with E-state index in [0.717, 1.165) is 10.8 Å². The first-order valence-corrected chi connectivity index (χ1v) is 16.3. The number of halogens is 2. The fraction of sp³-hybridized carbons (Fsp3) is 0.184. The molecule has 3 amide bonds. The minimum atomic E-state index is -0.769. The van der Waals surface area contributed by atoms with Gasteiger partial charge in [0.25, 0.3) is 0 Å². The molecule has 12 heteroatoms. The molecule has 5 aromatic rings. The van der Waals surface area contributed by atoms with E-state index in [1.165, 1.54) is 29.0 Å². The summed E-state index contributed by atoms with van der Waals surface area (Å²) in [5.74, 6) is -0.806. The van der Waals surface area contributed by atoms with Crippen LogP contribution in [0.15, 0.2) is 109 Å². The molecular weight excluding hydrogens is 661 g/mol. The molecule has 0 radical (unpaired) electrons. The van der Waals surface area contributed by atoms with Crippen molar-refractivity contribution in [2.45, 2.75) is 32.4 Å². The van der Waals surface area contributed by atoms with Gasteiger partial charge in [0.05, 0.1) is 11.1 Å². The summed E-state index contributed by atoms with van der Waals surface area (Å²) in [4.78, 5) is 56.4. The van der Waals surface area contributed by atoms with E-state index in [4.69, 9.17) is 16.3 Å². The molecule has 0 saturated heterocycles. The number of fused-ring (bicyclic) bond motifs is 1. The van der Waals surface area contributed by atoms with E-state index in [0.29, 0.717) is 47.4 Å². The van der Waals surface area contributed by atoms with E-state index in [-0.39, 0.29) is 36.4 Å². The number of pyridine rings is 1. The van der Waals surface area contributed by atoms with Gasteiger partial charge in [0, 0.05) is 48.4 Å². The molecule has 5 rings (SSSR count). The van der Waals surface area contributed by atoms with Crippen molar-refractivity contribution in [3.63, 3.8) is 0 Å². The quantitative estimate of drug-likeness (QED) is 0.0677. The largest absolute Gasteiger partial charge is 0.447 e. The highest BCUT2D eigenvalue weighted by Crippen LogP contribution is 2.21. The summed E-state index contributed by atoms with van der Waals surface area (Å²) in [5.41, 5.74) is 5.07. The predicted octanol–water partition coefficient (Wildman–Crippen LogP) is 7.17. The van der Waals surface area contributed by atoms with Gasteiger partial charge in [0.2, 0.25) is 12.3 Å². The SMILES string of the molecule is CC(=O)N(NCc1cccc(F)c1Cl)[C@@H](CCCN(C=O)c1ccc(C(=O)c2ccccc2)cc1)COC(=O)Nc1cc2ccccc2cn1. The Bertz CT molecular complexity index is 1960. The van der Waals surface area contributed by atoms with Gasteiger partial charge < -0.3 is 9.64 Å². The first kappa shape index (κ1) is 35.7. The van der Waals surface area contributed by atoms with Crippen LogP contribution in [-0.2, 0) is 20.9 Å². The molecule has 0 aliphatic heterocycles. The first-order valence-electron chi connectivity index (χ1n) is 15.9. The number of aromatic nitrogens is 1. The van der Waals surface area contributed by atoms with Crippen LogP contribution in [0.5, 0.6) is 0 Å². The molecule has 0 saturated carbocycles. The van der Waals surface area contributed by atoms with Crippen molar-refractivity contribution in [2.24, 2.45) is 0 Å². The number of nitrogens with zero attached hydrogens (tertiary/aromatic N) is 3. The zero-order valence-corrected chi connectivity index (χ0v) is 28.0. The van der Waals surface area contributed by atoms with Crippen molar-refractivity contribution in [3.05, 3.63) is 137 Å². The normalized spacial score (nSPS) is 11.4. The number of anilines is 2. The lowest BCUT2D eigenvalue weighted by Crippen LogP contribution is -2.50. The highest BCUT2D eigenvalue weighted by Gasteiger charge is 2.24. The number of benzene rings is 4. The molecular formula is C38H35ClFN5O5. The minimum absolute atomic E-state index is 0.0222. The number of ether oxygens (including phenoxy) is 1. The summed E-state index contributed by atoms with van der Waals surface area (Å²) in [5, 5.41) is 5.66. The van der Waals surface area contributed by atoms with E-state index in [1.54, 1.807) is 66.9 Å². The van der Waals surface area contributed by atoms with Crippen LogP contribution >= 0.6 is 11.6 Å². The second-order valence-corrected chi connectivity index (χ2v) is 11.8. The first-order chi connectivity index (χ1) is 24.2. The number of carbonyl (C=O) groups excluding carboxylic acids is 4. The number of ketones is 1.